The largest absolute Gasteiger partial charge is 0.477 e. The Morgan fingerprint density at radius 3 is 1.52 bits per heavy atom. The third kappa shape index (κ3) is 32.5. The van der Waals surface area contributed by atoms with Crippen molar-refractivity contribution in [3.63, 3.8) is 0 Å². The van der Waals surface area contributed by atoms with Crippen LogP contribution in [0.15, 0.2) is 36.5 Å². The van der Waals surface area contributed by atoms with Crippen LogP contribution in [-0.4, -0.2) is 215 Å². The van der Waals surface area contributed by atoms with Crippen LogP contribution in [0.1, 0.15) is 252 Å². The smallest absolute Gasteiger partial charge is 0.364 e. The van der Waals surface area contributed by atoms with Gasteiger partial charge < -0.3 is 100 Å². The summed E-state index contributed by atoms with van der Waals surface area (Å²) in [5, 5.41) is 136. The fourth-order valence-corrected chi connectivity index (χ4v) is 12.3. The molecule has 542 valence electrons. The van der Waals surface area contributed by atoms with Crippen LogP contribution in [0.4, 0.5) is 0 Å². The van der Waals surface area contributed by atoms with Crippen molar-refractivity contribution in [1.82, 2.24) is 10.6 Å². The molecular formula is C70H126N2O21. The van der Waals surface area contributed by atoms with Crippen LogP contribution in [0.25, 0.3) is 0 Å². The Morgan fingerprint density at radius 1 is 0.570 bits per heavy atom. The number of hydrogen-bond donors (Lipinski definition) is 14. The molecule has 3 aliphatic heterocycles. The SMILES string of the molecule is CCCCCCCCCCC/C=C\C/C=C\CCCCCCCCCC(=O)NC(COC1OC(CO)C(OC2OC(CO)C(O)C(OC3(C(=O)O)CC(O)C(NC(C)=O)C(C(O)C(O)CO)O3)C2O)C(O)C1O)C(O)/C=C/CCCCCCCCCCCCCCCC. The van der Waals surface area contributed by atoms with Crippen molar-refractivity contribution in [3.05, 3.63) is 36.5 Å². The van der Waals surface area contributed by atoms with E-state index in [0.29, 0.717) is 12.8 Å². The van der Waals surface area contributed by atoms with Crippen LogP contribution in [0.2, 0.25) is 0 Å². The molecule has 0 radical (unpaired) electrons. The summed E-state index contributed by atoms with van der Waals surface area (Å²) >= 11 is 0. The van der Waals surface area contributed by atoms with Gasteiger partial charge in [-0.05, 0) is 51.4 Å². The van der Waals surface area contributed by atoms with Crippen molar-refractivity contribution in [2.75, 3.05) is 26.4 Å². The number of amides is 2. The molecule has 23 nitrogen and oxygen atoms in total. The minimum absolute atomic E-state index is 0.191. The summed E-state index contributed by atoms with van der Waals surface area (Å²) in [5.41, 5.74) is 0. The van der Waals surface area contributed by atoms with Gasteiger partial charge >= 0.3 is 5.97 Å². The monoisotopic (exact) mass is 1330 g/mol. The van der Waals surface area contributed by atoms with Crippen LogP contribution in [0.5, 0.6) is 0 Å². The number of allylic oxidation sites excluding steroid dienone is 5. The van der Waals surface area contributed by atoms with Gasteiger partial charge in [-0.1, -0.05) is 217 Å². The number of aliphatic hydroxyl groups excluding tert-OH is 11. The molecule has 3 rings (SSSR count). The summed E-state index contributed by atoms with van der Waals surface area (Å²) in [7, 11) is 0. The van der Waals surface area contributed by atoms with Gasteiger partial charge in [0.25, 0.3) is 5.79 Å². The first-order chi connectivity index (χ1) is 44.9. The lowest BCUT2D eigenvalue weighted by Gasteiger charge is -2.50. The normalized spacial score (nSPS) is 28.3. The Morgan fingerprint density at radius 2 is 1.04 bits per heavy atom. The van der Waals surface area contributed by atoms with Crippen LogP contribution in [0.3, 0.4) is 0 Å². The maximum atomic E-state index is 13.5. The molecule has 14 N–H and O–H groups in total. The Kier molecular flexibility index (Phi) is 45.5. The zero-order valence-corrected chi connectivity index (χ0v) is 56.6. The zero-order valence-electron chi connectivity index (χ0n) is 56.6. The van der Waals surface area contributed by atoms with Crippen molar-refractivity contribution in [1.29, 1.82) is 0 Å². The lowest BCUT2D eigenvalue weighted by molar-refractivity contribution is -0.386. The summed E-state index contributed by atoms with van der Waals surface area (Å²) in [6.45, 7) is 2.13. The van der Waals surface area contributed by atoms with Gasteiger partial charge in [0.1, 0.15) is 67.1 Å². The maximum absolute atomic E-state index is 13.5. The third-order valence-electron chi connectivity index (χ3n) is 18.1. The van der Waals surface area contributed by atoms with Crippen LogP contribution < -0.4 is 10.6 Å². The topological polar surface area (TPSA) is 373 Å². The van der Waals surface area contributed by atoms with Crippen molar-refractivity contribution in [3.8, 4) is 0 Å². The van der Waals surface area contributed by atoms with E-state index in [4.69, 9.17) is 28.4 Å². The third-order valence-corrected chi connectivity index (χ3v) is 18.1. The first-order valence-corrected chi connectivity index (χ1v) is 35.9. The van der Waals surface area contributed by atoms with Gasteiger partial charge in [-0.25, -0.2) is 4.79 Å². The number of aliphatic carboxylic acids is 1. The lowest BCUT2D eigenvalue weighted by atomic mass is 9.88. The van der Waals surface area contributed by atoms with E-state index in [9.17, 15) is 75.7 Å². The molecule has 23 heteroatoms. The minimum atomic E-state index is -3.08. The Hall–Kier alpha value is -3.05. The highest BCUT2D eigenvalue weighted by molar-refractivity contribution is 5.77. The number of carbonyl (C=O) groups excluding carboxylic acids is 2. The first kappa shape index (κ1) is 84.2. The predicted molar refractivity (Wildman–Crippen MR) is 352 cm³/mol. The molecule has 0 saturated carbocycles. The highest BCUT2D eigenvalue weighted by Gasteiger charge is 2.60. The van der Waals surface area contributed by atoms with Crippen LogP contribution >= 0.6 is 0 Å². The first-order valence-electron chi connectivity index (χ1n) is 35.9. The molecule has 3 aliphatic rings. The quantitative estimate of drug-likeness (QED) is 0.0215. The van der Waals surface area contributed by atoms with E-state index in [1.54, 1.807) is 6.08 Å². The molecule has 0 aromatic rings. The van der Waals surface area contributed by atoms with E-state index in [-0.39, 0.29) is 12.3 Å². The van der Waals surface area contributed by atoms with Gasteiger partial charge in [-0.3, -0.25) is 9.59 Å². The number of unbranched alkanes of at least 4 members (excludes halogenated alkanes) is 30. The Labute approximate surface area is 555 Å². The molecule has 3 saturated heterocycles. The minimum Gasteiger partial charge on any atom is -0.477 e. The molecule has 0 spiro atoms. The molecule has 3 heterocycles. The summed E-state index contributed by atoms with van der Waals surface area (Å²) in [5.74, 6) is -6.15. The molecule has 0 aromatic carbocycles. The number of ether oxygens (including phenoxy) is 6. The van der Waals surface area contributed by atoms with Crippen molar-refractivity contribution in [2.24, 2.45) is 0 Å². The molecule has 18 unspecified atom stereocenters. The summed E-state index contributed by atoms with van der Waals surface area (Å²) in [4.78, 5) is 38.6. The molecule has 3 fully saturated rings. The number of rotatable bonds is 54. The second kappa shape index (κ2) is 50.3. The molecule has 0 aliphatic carbocycles. The van der Waals surface area contributed by atoms with Crippen molar-refractivity contribution < 1.29 is 104 Å². The van der Waals surface area contributed by atoms with Gasteiger partial charge in [-0.15, -0.1) is 0 Å². The average Bonchev–Trinajstić information content (AvgIpc) is 0.787. The number of carboxylic acids is 1. The Bertz CT molecular complexity index is 2020. The fraction of sp³-hybridized carbons (Fsp3) is 0.871. The molecule has 2 amide bonds. The number of carbonyl (C=O) groups is 3. The van der Waals surface area contributed by atoms with Crippen LogP contribution in [0, 0.1) is 0 Å². The van der Waals surface area contributed by atoms with Gasteiger partial charge in [-0.2, -0.15) is 0 Å². The fourth-order valence-electron chi connectivity index (χ4n) is 12.3. The molecular weight excluding hydrogens is 1200 g/mol. The van der Waals surface area contributed by atoms with Gasteiger partial charge in [0, 0.05) is 19.8 Å². The number of carboxylic acid groups (broad SMARTS) is 1. The summed E-state index contributed by atoms with van der Waals surface area (Å²) in [6.07, 6.45) is 23.2. The van der Waals surface area contributed by atoms with E-state index >= 15 is 0 Å². The number of hydrogen-bond acceptors (Lipinski definition) is 20. The average molecular weight is 1330 g/mol. The summed E-state index contributed by atoms with van der Waals surface area (Å²) in [6, 6.07) is -2.62. The number of nitrogens with one attached hydrogen (secondary N) is 2. The standard InChI is InChI=1S/C70H126N2O21/c1-4-6-8-10-12-14-16-18-20-22-23-24-25-26-27-28-30-32-34-36-38-40-42-44-57(80)72-51(52(77)43-41-39-37-35-33-31-29-21-19-17-15-13-11-9-7-5-2)49-88-67-62(84)61(83)64(56(48-75)90-67)91-68-63(85)66(60(82)55(47-74)89-68)93-70(69(86)87)45-53(78)58(71-50(3)76)65(92-70)59(81)54(79)46-73/h23-24,26-27,41,43,51-56,58-68,73-75,77-79,81-85H,4-22,25,28-40,42,44-49H2,1-3H3,(H,71,76)(H,72,80)(H,86,87)/b24-23-,27-26-,43-41+. The molecule has 0 bridgehead atoms. The molecule has 93 heavy (non-hydrogen) atoms. The second-order valence-corrected chi connectivity index (χ2v) is 26.1. The predicted octanol–water partition coefficient (Wildman–Crippen LogP) is 7.01. The Balaban J connectivity index is 1.59. The van der Waals surface area contributed by atoms with Gasteiger partial charge in [0.15, 0.2) is 12.6 Å². The lowest BCUT2D eigenvalue weighted by Crippen LogP contribution is -2.70. The molecule has 0 aromatic heterocycles. The van der Waals surface area contributed by atoms with Crippen molar-refractivity contribution >= 4 is 17.8 Å². The van der Waals surface area contributed by atoms with E-state index in [0.717, 1.165) is 84.0 Å². The summed E-state index contributed by atoms with van der Waals surface area (Å²) < 4.78 is 34.8. The highest BCUT2D eigenvalue weighted by atomic mass is 16.8. The number of aliphatic hydroxyl groups is 11. The van der Waals surface area contributed by atoms with E-state index < -0.39 is 155 Å². The van der Waals surface area contributed by atoms with Gasteiger partial charge in [0.05, 0.1) is 50.7 Å². The zero-order chi connectivity index (χ0) is 68.2. The van der Waals surface area contributed by atoms with Gasteiger partial charge in [0.2, 0.25) is 11.8 Å². The molecule has 18 atom stereocenters. The van der Waals surface area contributed by atoms with Crippen molar-refractivity contribution in [2.45, 2.75) is 362 Å². The van der Waals surface area contributed by atoms with E-state index in [1.807, 2.05) is 6.08 Å². The highest BCUT2D eigenvalue weighted by Crippen LogP contribution is 2.39. The second-order valence-electron chi connectivity index (χ2n) is 26.1. The maximum Gasteiger partial charge on any atom is 0.364 e. The van der Waals surface area contributed by atoms with Crippen LogP contribution in [-0.2, 0) is 42.8 Å². The van der Waals surface area contributed by atoms with E-state index in [2.05, 4.69) is 48.8 Å². The van der Waals surface area contributed by atoms with E-state index in [1.165, 1.54) is 128 Å².